The molecule has 0 heterocycles. The largest absolute Gasteiger partial charge is 0.390 e. The van der Waals surface area contributed by atoms with Gasteiger partial charge in [-0.2, -0.15) is 0 Å². The van der Waals surface area contributed by atoms with Crippen LogP contribution in [0.2, 0.25) is 0 Å². The van der Waals surface area contributed by atoms with E-state index < -0.39 is 5.60 Å². The highest BCUT2D eigenvalue weighted by Gasteiger charge is 2.52. The van der Waals surface area contributed by atoms with Gasteiger partial charge in [0.2, 0.25) is 0 Å². The van der Waals surface area contributed by atoms with Gasteiger partial charge in [-0.25, -0.2) is 0 Å². The van der Waals surface area contributed by atoms with Gasteiger partial charge in [-0.1, -0.05) is 27.2 Å². The first kappa shape index (κ1) is 9.05. The summed E-state index contributed by atoms with van der Waals surface area (Å²) in [7, 11) is 0. The molecule has 3 unspecified atom stereocenters. The van der Waals surface area contributed by atoms with Gasteiger partial charge in [0, 0.05) is 0 Å². The summed E-state index contributed by atoms with van der Waals surface area (Å²) in [5.41, 5.74) is -0.395. The molecular formula is C10H20O. The van der Waals surface area contributed by atoms with E-state index in [0.717, 1.165) is 24.7 Å². The summed E-state index contributed by atoms with van der Waals surface area (Å²) in [4.78, 5) is 0. The van der Waals surface area contributed by atoms with E-state index in [4.69, 9.17) is 0 Å². The molecule has 0 bridgehead atoms. The van der Waals surface area contributed by atoms with Crippen LogP contribution in [0.25, 0.3) is 0 Å². The molecule has 11 heavy (non-hydrogen) atoms. The minimum Gasteiger partial charge on any atom is -0.390 e. The standard InChI is InChI=1S/C10H20O/c1-5-6-10(4,11)9-7(2)8(9)3/h7-9,11H,5-6H2,1-4H3. The lowest BCUT2D eigenvalue weighted by Gasteiger charge is -2.23. The lowest BCUT2D eigenvalue weighted by molar-refractivity contribution is 0.0192. The summed E-state index contributed by atoms with van der Waals surface area (Å²) in [5.74, 6) is 2.02. The minimum atomic E-state index is -0.395. The summed E-state index contributed by atoms with van der Waals surface area (Å²) in [6.45, 7) is 8.59. The van der Waals surface area contributed by atoms with Crippen molar-refractivity contribution in [1.29, 1.82) is 0 Å². The zero-order valence-electron chi connectivity index (χ0n) is 8.09. The van der Waals surface area contributed by atoms with Crippen molar-refractivity contribution in [3.05, 3.63) is 0 Å². The molecule has 0 radical (unpaired) electrons. The molecule has 0 amide bonds. The maximum atomic E-state index is 10.00. The summed E-state index contributed by atoms with van der Waals surface area (Å²) in [5, 5.41) is 10.00. The minimum absolute atomic E-state index is 0.395. The molecule has 0 aliphatic heterocycles. The molecule has 3 atom stereocenters. The zero-order chi connectivity index (χ0) is 8.65. The van der Waals surface area contributed by atoms with E-state index >= 15 is 0 Å². The molecule has 0 spiro atoms. The first-order valence-corrected chi connectivity index (χ1v) is 4.73. The van der Waals surface area contributed by atoms with Crippen molar-refractivity contribution >= 4 is 0 Å². The van der Waals surface area contributed by atoms with Crippen molar-refractivity contribution in [3.8, 4) is 0 Å². The Bertz CT molecular complexity index is 132. The van der Waals surface area contributed by atoms with Gasteiger partial charge in [0.15, 0.2) is 0 Å². The maximum absolute atomic E-state index is 10.00. The monoisotopic (exact) mass is 156 g/mol. The molecular weight excluding hydrogens is 136 g/mol. The predicted molar refractivity (Wildman–Crippen MR) is 47.3 cm³/mol. The van der Waals surface area contributed by atoms with Crippen LogP contribution in [-0.2, 0) is 0 Å². The first-order valence-electron chi connectivity index (χ1n) is 4.73. The molecule has 0 aromatic heterocycles. The Hall–Kier alpha value is -0.0400. The Kier molecular flexibility index (Phi) is 2.29. The van der Waals surface area contributed by atoms with Gasteiger partial charge in [0.05, 0.1) is 5.60 Å². The highest BCUT2D eigenvalue weighted by Crippen LogP contribution is 2.53. The molecule has 0 aromatic rings. The van der Waals surface area contributed by atoms with Crippen LogP contribution in [0.3, 0.4) is 0 Å². The summed E-state index contributed by atoms with van der Waals surface area (Å²) in [6, 6.07) is 0. The van der Waals surface area contributed by atoms with Crippen molar-refractivity contribution in [2.75, 3.05) is 0 Å². The van der Waals surface area contributed by atoms with E-state index in [9.17, 15) is 5.11 Å². The highest BCUT2D eigenvalue weighted by atomic mass is 16.3. The van der Waals surface area contributed by atoms with Gasteiger partial charge < -0.3 is 5.11 Å². The van der Waals surface area contributed by atoms with E-state index in [0.29, 0.717) is 5.92 Å². The number of aliphatic hydroxyl groups is 1. The van der Waals surface area contributed by atoms with Gasteiger partial charge >= 0.3 is 0 Å². The lowest BCUT2D eigenvalue weighted by atomic mass is 9.93. The third-order valence-corrected chi connectivity index (χ3v) is 3.30. The van der Waals surface area contributed by atoms with Crippen LogP contribution in [0.1, 0.15) is 40.5 Å². The molecule has 1 aliphatic carbocycles. The molecule has 0 aromatic carbocycles. The molecule has 1 nitrogen and oxygen atoms in total. The predicted octanol–water partition coefficient (Wildman–Crippen LogP) is 2.44. The molecule has 0 saturated heterocycles. The summed E-state index contributed by atoms with van der Waals surface area (Å²) < 4.78 is 0. The number of hydrogen-bond acceptors (Lipinski definition) is 1. The fourth-order valence-electron chi connectivity index (χ4n) is 2.47. The molecule has 1 heteroatoms. The lowest BCUT2D eigenvalue weighted by Crippen LogP contribution is -2.27. The maximum Gasteiger partial charge on any atom is 0.0653 e. The average Bonchev–Trinajstić information content (AvgIpc) is 2.41. The van der Waals surface area contributed by atoms with Crippen LogP contribution in [0.15, 0.2) is 0 Å². The van der Waals surface area contributed by atoms with Gasteiger partial charge in [-0.05, 0) is 31.1 Å². The second-order valence-corrected chi connectivity index (χ2v) is 4.35. The molecule has 1 saturated carbocycles. The Balaban J connectivity index is 2.46. The Morgan fingerprint density at radius 3 is 2.00 bits per heavy atom. The zero-order valence-corrected chi connectivity index (χ0v) is 8.09. The number of hydrogen-bond donors (Lipinski definition) is 1. The summed E-state index contributed by atoms with van der Waals surface area (Å²) >= 11 is 0. The molecule has 66 valence electrons. The van der Waals surface area contributed by atoms with E-state index in [1.165, 1.54) is 0 Å². The van der Waals surface area contributed by atoms with Crippen LogP contribution in [-0.4, -0.2) is 10.7 Å². The van der Waals surface area contributed by atoms with E-state index in [-0.39, 0.29) is 0 Å². The third-order valence-electron chi connectivity index (χ3n) is 3.30. The van der Waals surface area contributed by atoms with Crippen LogP contribution in [0.5, 0.6) is 0 Å². The van der Waals surface area contributed by atoms with E-state index in [1.807, 2.05) is 6.92 Å². The Labute approximate surface area is 69.8 Å². The van der Waals surface area contributed by atoms with Crippen molar-refractivity contribution in [2.45, 2.75) is 46.1 Å². The summed E-state index contributed by atoms with van der Waals surface area (Å²) in [6.07, 6.45) is 2.04. The molecule has 1 N–H and O–H groups in total. The Morgan fingerprint density at radius 2 is 1.73 bits per heavy atom. The normalized spacial score (nSPS) is 41.7. The Morgan fingerprint density at radius 1 is 1.27 bits per heavy atom. The fourth-order valence-corrected chi connectivity index (χ4v) is 2.47. The van der Waals surface area contributed by atoms with Gasteiger partial charge in [-0.15, -0.1) is 0 Å². The second kappa shape index (κ2) is 2.78. The smallest absolute Gasteiger partial charge is 0.0653 e. The molecule has 1 rings (SSSR count). The van der Waals surface area contributed by atoms with Gasteiger partial charge in [0.25, 0.3) is 0 Å². The van der Waals surface area contributed by atoms with Gasteiger partial charge in [0.1, 0.15) is 0 Å². The third kappa shape index (κ3) is 1.58. The molecule has 1 aliphatic rings. The molecule has 1 fully saturated rings. The van der Waals surface area contributed by atoms with Crippen molar-refractivity contribution in [3.63, 3.8) is 0 Å². The number of rotatable bonds is 3. The highest BCUT2D eigenvalue weighted by molar-refractivity contribution is 5.01. The quantitative estimate of drug-likeness (QED) is 0.665. The second-order valence-electron chi connectivity index (χ2n) is 4.35. The van der Waals surface area contributed by atoms with Crippen molar-refractivity contribution < 1.29 is 5.11 Å². The topological polar surface area (TPSA) is 20.2 Å². The van der Waals surface area contributed by atoms with E-state index in [2.05, 4.69) is 20.8 Å². The van der Waals surface area contributed by atoms with Gasteiger partial charge in [-0.3, -0.25) is 0 Å². The van der Waals surface area contributed by atoms with E-state index in [1.54, 1.807) is 0 Å². The fraction of sp³-hybridized carbons (Fsp3) is 1.00. The van der Waals surface area contributed by atoms with Crippen LogP contribution in [0, 0.1) is 17.8 Å². The van der Waals surface area contributed by atoms with Crippen molar-refractivity contribution in [1.82, 2.24) is 0 Å². The van der Waals surface area contributed by atoms with Crippen LogP contribution in [0.4, 0.5) is 0 Å². The van der Waals surface area contributed by atoms with Crippen molar-refractivity contribution in [2.24, 2.45) is 17.8 Å². The average molecular weight is 156 g/mol. The SMILES string of the molecule is CCCC(C)(O)C1C(C)C1C. The van der Waals surface area contributed by atoms with Crippen LogP contribution < -0.4 is 0 Å². The first-order chi connectivity index (χ1) is 5.00. The van der Waals surface area contributed by atoms with Crippen LogP contribution >= 0.6 is 0 Å².